The van der Waals surface area contributed by atoms with E-state index in [2.05, 4.69) is 5.32 Å². The van der Waals surface area contributed by atoms with E-state index in [4.69, 9.17) is 9.84 Å². The van der Waals surface area contributed by atoms with Crippen molar-refractivity contribution in [1.29, 1.82) is 0 Å². The van der Waals surface area contributed by atoms with E-state index < -0.39 is 43.2 Å². The standard InChI is InChI=1S/C14H17NO7/c16-5-7-3-1-2-4-8(7)13(20)15-10-12(19)11(18)9(6-17)22-14(10)21/h1-5,9-12,14,17-19,21H,6H2,(H,15,20)/t9?,10-,11+,12?,14?/m0/s1. The molecule has 5 atom stereocenters. The molecule has 8 heteroatoms. The highest BCUT2D eigenvalue weighted by Crippen LogP contribution is 2.20. The Kier molecular flexibility index (Phi) is 5.22. The number of rotatable bonds is 4. The minimum Gasteiger partial charge on any atom is -0.394 e. The van der Waals surface area contributed by atoms with E-state index in [0.717, 1.165) is 0 Å². The fourth-order valence-electron chi connectivity index (χ4n) is 2.29. The van der Waals surface area contributed by atoms with Crippen molar-refractivity contribution in [3.63, 3.8) is 0 Å². The second-order valence-corrected chi connectivity index (χ2v) is 4.93. The normalized spacial score (nSPS) is 31.5. The summed E-state index contributed by atoms with van der Waals surface area (Å²) in [7, 11) is 0. The van der Waals surface area contributed by atoms with Gasteiger partial charge in [-0.1, -0.05) is 18.2 Å². The van der Waals surface area contributed by atoms with Gasteiger partial charge in [0.1, 0.15) is 24.4 Å². The Morgan fingerprint density at radius 3 is 2.55 bits per heavy atom. The smallest absolute Gasteiger partial charge is 0.252 e. The van der Waals surface area contributed by atoms with Crippen LogP contribution in [0, 0.1) is 0 Å². The molecule has 120 valence electrons. The molecule has 3 unspecified atom stereocenters. The van der Waals surface area contributed by atoms with Crippen molar-refractivity contribution >= 4 is 12.2 Å². The number of ether oxygens (including phenoxy) is 1. The lowest BCUT2D eigenvalue weighted by molar-refractivity contribution is -0.252. The zero-order valence-electron chi connectivity index (χ0n) is 11.5. The summed E-state index contributed by atoms with van der Waals surface area (Å²) in [5.41, 5.74) is 0.213. The number of nitrogens with one attached hydrogen (secondary N) is 1. The van der Waals surface area contributed by atoms with E-state index in [9.17, 15) is 24.9 Å². The number of amides is 1. The zero-order valence-corrected chi connectivity index (χ0v) is 11.5. The lowest BCUT2D eigenvalue weighted by Gasteiger charge is -2.40. The summed E-state index contributed by atoms with van der Waals surface area (Å²) in [6, 6.07) is 4.70. The second-order valence-electron chi connectivity index (χ2n) is 4.93. The molecular formula is C14H17NO7. The number of carbonyl (C=O) groups is 2. The molecule has 0 aliphatic carbocycles. The molecule has 0 bridgehead atoms. The molecule has 0 saturated carbocycles. The van der Waals surface area contributed by atoms with Gasteiger partial charge in [-0.2, -0.15) is 0 Å². The first kappa shape index (κ1) is 16.5. The zero-order chi connectivity index (χ0) is 16.3. The minimum atomic E-state index is -1.61. The molecule has 0 radical (unpaired) electrons. The molecule has 1 fully saturated rings. The summed E-state index contributed by atoms with van der Waals surface area (Å²) in [5, 5.41) is 40.8. The quantitative estimate of drug-likeness (QED) is 0.407. The van der Waals surface area contributed by atoms with Gasteiger partial charge in [0.2, 0.25) is 0 Å². The maximum Gasteiger partial charge on any atom is 0.252 e. The monoisotopic (exact) mass is 311 g/mol. The van der Waals surface area contributed by atoms with Gasteiger partial charge in [0.15, 0.2) is 12.6 Å². The fraction of sp³-hybridized carbons (Fsp3) is 0.429. The van der Waals surface area contributed by atoms with Gasteiger partial charge >= 0.3 is 0 Å². The van der Waals surface area contributed by atoms with Crippen LogP contribution < -0.4 is 5.32 Å². The predicted molar refractivity (Wildman–Crippen MR) is 73.1 cm³/mol. The van der Waals surface area contributed by atoms with Gasteiger partial charge in [0.25, 0.3) is 5.91 Å². The number of hydrogen-bond donors (Lipinski definition) is 5. The van der Waals surface area contributed by atoms with Gasteiger partial charge in [-0.05, 0) is 6.07 Å². The topological polar surface area (TPSA) is 136 Å². The van der Waals surface area contributed by atoms with Crippen LogP contribution >= 0.6 is 0 Å². The molecule has 1 heterocycles. The average molecular weight is 311 g/mol. The highest BCUT2D eigenvalue weighted by molar-refractivity contribution is 6.01. The summed E-state index contributed by atoms with van der Waals surface area (Å²) in [6.07, 6.45) is -5.26. The lowest BCUT2D eigenvalue weighted by atomic mass is 9.96. The first-order valence-corrected chi connectivity index (χ1v) is 6.65. The number of carbonyl (C=O) groups excluding carboxylic acids is 2. The molecule has 1 saturated heterocycles. The van der Waals surface area contributed by atoms with Crippen LogP contribution in [-0.4, -0.2) is 69.9 Å². The third kappa shape index (κ3) is 3.16. The van der Waals surface area contributed by atoms with E-state index in [-0.39, 0.29) is 11.1 Å². The maximum atomic E-state index is 12.2. The summed E-state index contributed by atoms with van der Waals surface area (Å²) in [6.45, 7) is -0.593. The van der Waals surface area contributed by atoms with Crippen LogP contribution in [0.5, 0.6) is 0 Å². The van der Waals surface area contributed by atoms with Crippen LogP contribution in [0.3, 0.4) is 0 Å². The molecule has 1 aliphatic heterocycles. The third-order valence-electron chi connectivity index (χ3n) is 3.53. The van der Waals surface area contributed by atoms with Crippen LogP contribution in [-0.2, 0) is 4.74 Å². The Hall–Kier alpha value is -1.84. The maximum absolute atomic E-state index is 12.2. The predicted octanol–water partition coefficient (Wildman–Crippen LogP) is -1.97. The molecule has 8 nitrogen and oxygen atoms in total. The largest absolute Gasteiger partial charge is 0.394 e. The number of aliphatic hydroxyl groups excluding tert-OH is 4. The third-order valence-corrected chi connectivity index (χ3v) is 3.53. The lowest BCUT2D eigenvalue weighted by Crippen LogP contribution is -2.64. The Bertz CT molecular complexity index is 550. The van der Waals surface area contributed by atoms with Crippen LogP contribution in [0.25, 0.3) is 0 Å². The summed E-state index contributed by atoms with van der Waals surface area (Å²) < 4.78 is 4.94. The van der Waals surface area contributed by atoms with Crippen molar-refractivity contribution in [3.05, 3.63) is 35.4 Å². The van der Waals surface area contributed by atoms with E-state index in [1.54, 1.807) is 12.1 Å². The summed E-state index contributed by atoms with van der Waals surface area (Å²) >= 11 is 0. The molecule has 1 aliphatic rings. The molecule has 0 spiro atoms. The van der Waals surface area contributed by atoms with Crippen molar-refractivity contribution in [2.45, 2.75) is 30.6 Å². The Morgan fingerprint density at radius 1 is 1.23 bits per heavy atom. The van der Waals surface area contributed by atoms with Crippen molar-refractivity contribution in [3.8, 4) is 0 Å². The molecular weight excluding hydrogens is 294 g/mol. The molecule has 0 aromatic heterocycles. The molecule has 22 heavy (non-hydrogen) atoms. The summed E-state index contributed by atoms with van der Waals surface area (Å²) in [5.74, 6) is -0.705. The van der Waals surface area contributed by atoms with E-state index >= 15 is 0 Å². The average Bonchev–Trinajstić information content (AvgIpc) is 2.54. The van der Waals surface area contributed by atoms with Crippen molar-refractivity contribution in [2.24, 2.45) is 0 Å². The van der Waals surface area contributed by atoms with E-state index in [1.807, 2.05) is 0 Å². The van der Waals surface area contributed by atoms with Gasteiger partial charge in [0, 0.05) is 11.1 Å². The number of benzene rings is 1. The van der Waals surface area contributed by atoms with Gasteiger partial charge in [-0.15, -0.1) is 0 Å². The van der Waals surface area contributed by atoms with Gasteiger partial charge in [-0.3, -0.25) is 9.59 Å². The number of hydrogen-bond acceptors (Lipinski definition) is 7. The highest BCUT2D eigenvalue weighted by atomic mass is 16.6. The van der Waals surface area contributed by atoms with E-state index in [0.29, 0.717) is 6.29 Å². The Morgan fingerprint density at radius 2 is 1.91 bits per heavy atom. The van der Waals surface area contributed by atoms with Crippen molar-refractivity contribution in [1.82, 2.24) is 5.32 Å². The molecule has 5 N–H and O–H groups in total. The number of aldehydes is 1. The molecule has 2 rings (SSSR count). The van der Waals surface area contributed by atoms with E-state index in [1.165, 1.54) is 12.1 Å². The van der Waals surface area contributed by atoms with Gasteiger partial charge < -0.3 is 30.5 Å². The van der Waals surface area contributed by atoms with Crippen molar-refractivity contribution < 1.29 is 34.8 Å². The molecule has 1 amide bonds. The van der Waals surface area contributed by atoms with Crippen LogP contribution in [0.2, 0.25) is 0 Å². The first-order chi connectivity index (χ1) is 10.5. The first-order valence-electron chi connectivity index (χ1n) is 6.65. The molecule has 1 aromatic carbocycles. The van der Waals surface area contributed by atoms with Gasteiger partial charge in [0.05, 0.1) is 6.61 Å². The van der Waals surface area contributed by atoms with Crippen LogP contribution in [0.1, 0.15) is 20.7 Å². The highest BCUT2D eigenvalue weighted by Gasteiger charge is 2.44. The number of aliphatic hydroxyl groups is 4. The van der Waals surface area contributed by atoms with Crippen LogP contribution in [0.4, 0.5) is 0 Å². The van der Waals surface area contributed by atoms with Gasteiger partial charge in [-0.25, -0.2) is 0 Å². The van der Waals surface area contributed by atoms with Crippen molar-refractivity contribution in [2.75, 3.05) is 6.61 Å². The fourth-order valence-corrected chi connectivity index (χ4v) is 2.29. The second kappa shape index (κ2) is 6.95. The SMILES string of the molecule is O=Cc1ccccc1C(=O)N[C@@H]1C(O)OC(CO)[C@@H](O)C1O. The summed E-state index contributed by atoms with van der Waals surface area (Å²) in [4.78, 5) is 23.1. The minimum absolute atomic E-state index is 0.0654. The van der Waals surface area contributed by atoms with Crippen LogP contribution in [0.15, 0.2) is 24.3 Å². The Labute approximate surface area is 126 Å². The molecule has 1 aromatic rings. The Balaban J connectivity index is 2.15.